The minimum absolute atomic E-state index is 0.0661. The van der Waals surface area contributed by atoms with Gasteiger partial charge in [-0.2, -0.15) is 15.0 Å². The Hall–Kier alpha value is -2.58. The highest BCUT2D eigenvalue weighted by Crippen LogP contribution is 2.18. The van der Waals surface area contributed by atoms with Crippen LogP contribution in [0.5, 0.6) is 0 Å². The molecular formula is C21H39N9. The fraction of sp³-hybridized carbons (Fsp3) is 0.714. The van der Waals surface area contributed by atoms with E-state index in [0.717, 1.165) is 0 Å². The molecule has 0 spiro atoms. The van der Waals surface area contributed by atoms with Gasteiger partial charge in [-0.1, -0.05) is 0 Å². The van der Waals surface area contributed by atoms with E-state index in [-0.39, 0.29) is 34.5 Å². The summed E-state index contributed by atoms with van der Waals surface area (Å²) >= 11 is 0. The molecule has 0 atom stereocenters. The van der Waals surface area contributed by atoms with Crippen LogP contribution >= 0.6 is 0 Å². The van der Waals surface area contributed by atoms with Gasteiger partial charge < -0.3 is 14.7 Å². The molecule has 1 rings (SSSR count). The third kappa shape index (κ3) is 8.42. The first-order valence-electron chi connectivity index (χ1n) is 10.1. The van der Waals surface area contributed by atoms with Crippen molar-refractivity contribution in [2.24, 2.45) is 15.0 Å². The topological polar surface area (TPSA) is 85.5 Å². The van der Waals surface area contributed by atoms with Crippen LogP contribution < -0.4 is 0 Å². The van der Waals surface area contributed by atoms with Gasteiger partial charge in [-0.05, 0) is 62.3 Å². The number of nitrogens with zero attached hydrogens (tertiary/aromatic N) is 9. The Morgan fingerprint density at radius 2 is 0.700 bits per heavy atom. The van der Waals surface area contributed by atoms with Crippen molar-refractivity contribution in [3.8, 4) is 0 Å². The molecule has 1 heterocycles. The van der Waals surface area contributed by atoms with Crippen molar-refractivity contribution in [1.82, 2.24) is 29.7 Å². The lowest BCUT2D eigenvalue weighted by atomic mass is 10.1. The standard InChI is InChI=1S/C21H39N9/c1-19(2,3)28(10)13-22-16-25-17(23-14-29(11)20(4,5)6)27-18(26-16)24-15-30(12)21(7,8)9/h13-15H,1-12H3. The fourth-order valence-electron chi connectivity index (χ4n) is 1.45. The van der Waals surface area contributed by atoms with E-state index in [1.165, 1.54) is 0 Å². The van der Waals surface area contributed by atoms with E-state index < -0.39 is 0 Å². The minimum Gasteiger partial charge on any atom is -0.361 e. The molecule has 9 nitrogen and oxygen atoms in total. The molecule has 1 aromatic rings. The van der Waals surface area contributed by atoms with Gasteiger partial charge in [0.15, 0.2) is 0 Å². The average molecular weight is 418 g/mol. The van der Waals surface area contributed by atoms with Gasteiger partial charge in [0.1, 0.15) is 0 Å². The summed E-state index contributed by atoms with van der Waals surface area (Å²) in [5.74, 6) is 0.784. The van der Waals surface area contributed by atoms with E-state index in [1.54, 1.807) is 19.0 Å². The zero-order valence-corrected chi connectivity index (χ0v) is 20.8. The van der Waals surface area contributed by atoms with Gasteiger partial charge in [0.2, 0.25) is 0 Å². The summed E-state index contributed by atoms with van der Waals surface area (Å²) in [6.45, 7) is 18.9. The van der Waals surface area contributed by atoms with Gasteiger partial charge in [-0.25, -0.2) is 15.0 Å². The normalized spacial score (nSPS) is 13.6. The maximum atomic E-state index is 4.41. The summed E-state index contributed by atoms with van der Waals surface area (Å²) in [7, 11) is 5.87. The summed E-state index contributed by atoms with van der Waals surface area (Å²) in [4.78, 5) is 32.3. The molecular weight excluding hydrogens is 378 g/mol. The van der Waals surface area contributed by atoms with Crippen LogP contribution in [0.15, 0.2) is 15.0 Å². The van der Waals surface area contributed by atoms with Crippen LogP contribution in [0.2, 0.25) is 0 Å². The number of aliphatic imine (C=N–C) groups is 3. The highest BCUT2D eigenvalue weighted by atomic mass is 15.3. The summed E-state index contributed by atoms with van der Waals surface area (Å²) in [6.07, 6.45) is 5.12. The monoisotopic (exact) mass is 417 g/mol. The Labute approximate surface area is 182 Å². The van der Waals surface area contributed by atoms with Crippen molar-refractivity contribution in [3.63, 3.8) is 0 Å². The van der Waals surface area contributed by atoms with Gasteiger partial charge in [-0.3, -0.25) is 0 Å². The van der Waals surface area contributed by atoms with E-state index in [9.17, 15) is 0 Å². The van der Waals surface area contributed by atoms with E-state index >= 15 is 0 Å². The molecule has 0 bridgehead atoms. The third-order valence-corrected chi connectivity index (χ3v) is 4.81. The highest BCUT2D eigenvalue weighted by Gasteiger charge is 2.16. The zero-order chi connectivity index (χ0) is 23.3. The Morgan fingerprint density at radius 1 is 0.500 bits per heavy atom. The van der Waals surface area contributed by atoms with Crippen molar-refractivity contribution in [3.05, 3.63) is 0 Å². The first-order valence-corrected chi connectivity index (χ1v) is 10.1. The molecule has 0 saturated carbocycles. The molecule has 30 heavy (non-hydrogen) atoms. The molecule has 0 N–H and O–H groups in total. The first kappa shape index (κ1) is 25.5. The Balaban J connectivity index is 3.29. The molecule has 0 amide bonds. The Morgan fingerprint density at radius 3 is 0.867 bits per heavy atom. The second-order valence-corrected chi connectivity index (χ2v) is 10.3. The lowest BCUT2D eigenvalue weighted by Crippen LogP contribution is -2.36. The third-order valence-electron chi connectivity index (χ3n) is 4.81. The van der Waals surface area contributed by atoms with Crippen molar-refractivity contribution in [2.75, 3.05) is 21.1 Å². The SMILES string of the molecule is CN(C=Nc1nc(N=CN(C)C(C)(C)C)nc(N=CN(C)C(C)(C)C)n1)C(C)(C)C. The molecule has 1 aromatic heterocycles. The van der Waals surface area contributed by atoms with Crippen molar-refractivity contribution < 1.29 is 0 Å². The van der Waals surface area contributed by atoms with Crippen LogP contribution in [0.3, 0.4) is 0 Å². The Kier molecular flexibility index (Phi) is 8.05. The molecule has 0 saturated heterocycles. The lowest BCUT2D eigenvalue weighted by molar-refractivity contribution is 0.290. The molecule has 0 unspecified atom stereocenters. The number of rotatable bonds is 6. The number of hydrogen-bond donors (Lipinski definition) is 0. The molecule has 0 aliphatic rings. The molecule has 0 fully saturated rings. The highest BCUT2D eigenvalue weighted by molar-refractivity contribution is 5.63. The van der Waals surface area contributed by atoms with E-state index in [4.69, 9.17) is 0 Å². The largest absolute Gasteiger partial charge is 0.361 e. The molecule has 168 valence electrons. The predicted octanol–water partition coefficient (Wildman–Crippen LogP) is 4.04. The van der Waals surface area contributed by atoms with Crippen molar-refractivity contribution in [1.29, 1.82) is 0 Å². The summed E-state index contributed by atoms with van der Waals surface area (Å²) in [5, 5.41) is 0. The summed E-state index contributed by atoms with van der Waals surface area (Å²) in [6, 6.07) is 0. The van der Waals surface area contributed by atoms with Crippen molar-refractivity contribution >= 4 is 36.9 Å². The van der Waals surface area contributed by atoms with Gasteiger partial charge in [-0.15, -0.1) is 0 Å². The van der Waals surface area contributed by atoms with Crippen LogP contribution in [0.4, 0.5) is 17.8 Å². The van der Waals surface area contributed by atoms with Gasteiger partial charge in [0.25, 0.3) is 17.8 Å². The number of hydrogen-bond acceptors (Lipinski definition) is 6. The molecule has 0 aromatic carbocycles. The van der Waals surface area contributed by atoms with Crippen LogP contribution in [-0.2, 0) is 0 Å². The van der Waals surface area contributed by atoms with Gasteiger partial charge >= 0.3 is 0 Å². The fourth-order valence-corrected chi connectivity index (χ4v) is 1.45. The van der Waals surface area contributed by atoms with Crippen LogP contribution in [0.1, 0.15) is 62.3 Å². The second kappa shape index (κ2) is 9.49. The Bertz CT molecular complexity index is 660. The van der Waals surface area contributed by atoms with E-state index in [2.05, 4.69) is 92.2 Å². The zero-order valence-electron chi connectivity index (χ0n) is 20.8. The quantitative estimate of drug-likeness (QED) is 0.513. The predicted molar refractivity (Wildman–Crippen MR) is 127 cm³/mol. The average Bonchev–Trinajstić information content (AvgIpc) is 2.59. The first-order chi connectivity index (χ1) is 13.5. The van der Waals surface area contributed by atoms with E-state index in [0.29, 0.717) is 0 Å². The van der Waals surface area contributed by atoms with Crippen LogP contribution in [-0.4, -0.2) is 86.4 Å². The van der Waals surface area contributed by atoms with Crippen molar-refractivity contribution in [2.45, 2.75) is 78.9 Å². The van der Waals surface area contributed by atoms with Gasteiger partial charge in [0.05, 0.1) is 19.0 Å². The summed E-state index contributed by atoms with van der Waals surface area (Å²) < 4.78 is 0. The maximum absolute atomic E-state index is 4.41. The lowest BCUT2D eigenvalue weighted by Gasteiger charge is -2.29. The molecule has 0 radical (unpaired) electrons. The molecule has 0 aliphatic carbocycles. The summed E-state index contributed by atoms with van der Waals surface area (Å²) in [5.41, 5.74) is -0.198. The minimum atomic E-state index is -0.0661. The van der Waals surface area contributed by atoms with Crippen LogP contribution in [0, 0.1) is 0 Å². The molecule has 0 aliphatic heterocycles. The maximum Gasteiger partial charge on any atom is 0.257 e. The smallest absolute Gasteiger partial charge is 0.257 e. The van der Waals surface area contributed by atoms with Crippen LogP contribution in [0.25, 0.3) is 0 Å². The molecule has 9 heteroatoms. The van der Waals surface area contributed by atoms with E-state index in [1.807, 2.05) is 35.8 Å². The second-order valence-electron chi connectivity index (χ2n) is 10.3. The number of aromatic nitrogens is 3. The van der Waals surface area contributed by atoms with Gasteiger partial charge in [0, 0.05) is 37.8 Å².